The lowest BCUT2D eigenvalue weighted by atomic mass is 10.2. The van der Waals surface area contributed by atoms with E-state index in [-0.39, 0.29) is 11.4 Å². The van der Waals surface area contributed by atoms with Crippen LogP contribution >= 0.6 is 10.0 Å². The van der Waals surface area contributed by atoms with Crippen molar-refractivity contribution in [1.29, 1.82) is 0 Å². The second kappa shape index (κ2) is 4.37. The highest BCUT2D eigenvalue weighted by molar-refractivity contribution is 8.32. The molecule has 0 amide bonds. The number of nitrogens with two attached hydrogens (primary N) is 1. The minimum Gasteiger partial charge on any atom is -0.399 e. The average molecular weight is 260 g/mol. The van der Waals surface area contributed by atoms with Crippen LogP contribution in [0.2, 0.25) is 0 Å². The minimum absolute atomic E-state index is 0.0779. The number of halogens is 2. The number of rotatable bonds is 1. The first-order valence-corrected chi connectivity index (χ1v) is 8.36. The molecule has 2 rings (SSSR count). The van der Waals surface area contributed by atoms with Crippen molar-refractivity contribution < 1.29 is 8.78 Å². The SMILES string of the molecule is CS1(C)CCN(c2c(F)cc(N)cc2F)CC1. The first-order chi connectivity index (χ1) is 7.89. The Morgan fingerprint density at radius 3 is 2.06 bits per heavy atom. The molecule has 96 valence electrons. The zero-order valence-electron chi connectivity index (χ0n) is 10.2. The van der Waals surface area contributed by atoms with Gasteiger partial charge >= 0.3 is 0 Å². The average Bonchev–Trinajstić information content (AvgIpc) is 2.19. The fourth-order valence-electron chi connectivity index (χ4n) is 2.04. The summed E-state index contributed by atoms with van der Waals surface area (Å²) in [6.07, 6.45) is 4.53. The van der Waals surface area contributed by atoms with E-state index in [0.29, 0.717) is 0 Å². The minimum atomic E-state index is -0.569. The Morgan fingerprint density at radius 1 is 1.12 bits per heavy atom. The van der Waals surface area contributed by atoms with Crippen molar-refractivity contribution in [3.8, 4) is 0 Å². The fraction of sp³-hybridized carbons (Fsp3) is 0.500. The van der Waals surface area contributed by atoms with E-state index < -0.39 is 21.7 Å². The molecule has 0 unspecified atom stereocenters. The van der Waals surface area contributed by atoms with E-state index in [0.717, 1.165) is 24.6 Å². The Hall–Kier alpha value is -0.970. The van der Waals surface area contributed by atoms with Gasteiger partial charge in [0.1, 0.15) is 5.69 Å². The highest BCUT2D eigenvalue weighted by Crippen LogP contribution is 2.43. The van der Waals surface area contributed by atoms with Gasteiger partial charge in [0, 0.05) is 18.8 Å². The van der Waals surface area contributed by atoms with Crippen molar-refractivity contribution in [2.24, 2.45) is 0 Å². The quantitative estimate of drug-likeness (QED) is 0.786. The molecule has 1 aliphatic heterocycles. The van der Waals surface area contributed by atoms with E-state index in [1.54, 1.807) is 4.90 Å². The maximum Gasteiger partial charge on any atom is 0.151 e. The van der Waals surface area contributed by atoms with E-state index in [9.17, 15) is 8.78 Å². The summed E-state index contributed by atoms with van der Waals surface area (Å²) in [5, 5.41) is 0. The lowest BCUT2D eigenvalue weighted by Gasteiger charge is -2.42. The Labute approximate surface area is 102 Å². The van der Waals surface area contributed by atoms with Gasteiger partial charge in [-0.1, -0.05) is 0 Å². The highest BCUT2D eigenvalue weighted by atomic mass is 32.3. The molecular weight excluding hydrogens is 242 g/mol. The van der Waals surface area contributed by atoms with Crippen LogP contribution in [-0.4, -0.2) is 37.1 Å². The second-order valence-electron chi connectivity index (χ2n) is 5.00. The number of nitrogen functional groups attached to an aromatic ring is 1. The maximum absolute atomic E-state index is 13.7. The normalized spacial score (nSPS) is 21.3. The van der Waals surface area contributed by atoms with E-state index in [1.807, 2.05) is 0 Å². The lowest BCUT2D eigenvalue weighted by molar-refractivity contribution is 0.574. The molecule has 2 nitrogen and oxygen atoms in total. The molecule has 0 atom stereocenters. The number of benzene rings is 1. The van der Waals surface area contributed by atoms with Crippen LogP contribution in [0.15, 0.2) is 12.1 Å². The van der Waals surface area contributed by atoms with Gasteiger partial charge in [0.2, 0.25) is 0 Å². The van der Waals surface area contributed by atoms with E-state index in [2.05, 4.69) is 12.5 Å². The number of anilines is 2. The molecule has 1 fully saturated rings. The molecule has 1 aliphatic rings. The van der Waals surface area contributed by atoms with Gasteiger partial charge in [-0.15, -0.1) is 0 Å². The van der Waals surface area contributed by atoms with Crippen LogP contribution in [-0.2, 0) is 0 Å². The van der Waals surface area contributed by atoms with E-state index in [1.165, 1.54) is 12.1 Å². The van der Waals surface area contributed by atoms with Crippen molar-refractivity contribution in [2.75, 3.05) is 47.7 Å². The summed E-state index contributed by atoms with van der Waals surface area (Å²) >= 11 is 0. The predicted molar refractivity (Wildman–Crippen MR) is 72.2 cm³/mol. The number of hydrogen-bond donors (Lipinski definition) is 1. The van der Waals surface area contributed by atoms with Crippen LogP contribution in [0.3, 0.4) is 0 Å². The van der Waals surface area contributed by atoms with Gasteiger partial charge in [-0.3, -0.25) is 0 Å². The summed E-state index contributed by atoms with van der Waals surface area (Å²) in [4.78, 5) is 1.79. The first kappa shape index (κ1) is 12.5. The van der Waals surface area contributed by atoms with Crippen LogP contribution < -0.4 is 10.6 Å². The van der Waals surface area contributed by atoms with Gasteiger partial charge in [-0.05, 0) is 36.1 Å². The molecule has 1 heterocycles. The Bertz CT molecular complexity index is 402. The zero-order chi connectivity index (χ0) is 12.6. The van der Waals surface area contributed by atoms with E-state index >= 15 is 0 Å². The number of nitrogens with zero attached hydrogens (tertiary/aromatic N) is 1. The van der Waals surface area contributed by atoms with Crippen molar-refractivity contribution in [3.63, 3.8) is 0 Å². The number of hydrogen-bond acceptors (Lipinski definition) is 2. The fourth-order valence-corrected chi connectivity index (χ4v) is 3.67. The molecule has 0 aliphatic carbocycles. The zero-order valence-corrected chi connectivity index (χ0v) is 11.0. The summed E-state index contributed by atoms with van der Waals surface area (Å²) in [5.41, 5.74) is 5.62. The third-order valence-electron chi connectivity index (χ3n) is 3.18. The molecule has 1 aromatic rings. The van der Waals surface area contributed by atoms with E-state index in [4.69, 9.17) is 5.73 Å². The van der Waals surface area contributed by atoms with Crippen molar-refractivity contribution in [1.82, 2.24) is 0 Å². The predicted octanol–water partition coefficient (Wildman–Crippen LogP) is 2.43. The summed E-state index contributed by atoms with van der Waals surface area (Å²) in [6, 6.07) is 2.37. The van der Waals surface area contributed by atoms with Crippen molar-refractivity contribution in [3.05, 3.63) is 23.8 Å². The molecule has 5 heteroatoms. The van der Waals surface area contributed by atoms with Gasteiger partial charge in [-0.25, -0.2) is 18.8 Å². The monoisotopic (exact) mass is 260 g/mol. The molecule has 0 saturated carbocycles. The van der Waals surface area contributed by atoms with Gasteiger partial charge in [-0.2, -0.15) is 0 Å². The topological polar surface area (TPSA) is 29.3 Å². The third-order valence-corrected chi connectivity index (χ3v) is 5.76. The molecule has 0 aromatic heterocycles. The molecule has 0 spiro atoms. The molecule has 0 bridgehead atoms. The summed E-state index contributed by atoms with van der Waals surface area (Å²) in [7, 11) is -0.569. The highest BCUT2D eigenvalue weighted by Gasteiger charge is 2.25. The van der Waals surface area contributed by atoms with Crippen molar-refractivity contribution >= 4 is 21.4 Å². The third kappa shape index (κ3) is 2.65. The maximum atomic E-state index is 13.7. The van der Waals surface area contributed by atoms with Crippen LogP contribution in [0.1, 0.15) is 0 Å². The van der Waals surface area contributed by atoms with Crippen LogP contribution in [0.4, 0.5) is 20.2 Å². The molecule has 1 aromatic carbocycles. The molecule has 17 heavy (non-hydrogen) atoms. The standard InChI is InChI=1S/C12H18F2N2S/c1-17(2)5-3-16(4-6-17)12-10(13)7-9(15)8-11(12)14/h7-8H,3-6,15H2,1-2H3. The molecular formula is C12H18F2N2S. The van der Waals surface area contributed by atoms with Crippen LogP contribution in [0, 0.1) is 11.6 Å². The van der Waals surface area contributed by atoms with Gasteiger partial charge < -0.3 is 10.6 Å². The lowest BCUT2D eigenvalue weighted by Crippen LogP contribution is -2.39. The Balaban J connectivity index is 2.24. The molecule has 0 radical (unpaired) electrons. The summed E-state index contributed by atoms with van der Waals surface area (Å²) < 4.78 is 27.5. The largest absolute Gasteiger partial charge is 0.399 e. The summed E-state index contributed by atoms with van der Waals surface area (Å²) in [5.74, 6) is 0.932. The second-order valence-corrected chi connectivity index (χ2v) is 9.35. The van der Waals surface area contributed by atoms with Gasteiger partial charge in [0.15, 0.2) is 11.6 Å². The molecule has 1 saturated heterocycles. The molecule has 2 N–H and O–H groups in total. The van der Waals surface area contributed by atoms with Crippen LogP contribution in [0.5, 0.6) is 0 Å². The van der Waals surface area contributed by atoms with Gasteiger partial charge in [0.05, 0.1) is 0 Å². The smallest absolute Gasteiger partial charge is 0.151 e. The van der Waals surface area contributed by atoms with Gasteiger partial charge in [0.25, 0.3) is 0 Å². The Morgan fingerprint density at radius 2 is 1.59 bits per heavy atom. The van der Waals surface area contributed by atoms with Crippen LogP contribution in [0.25, 0.3) is 0 Å². The first-order valence-electron chi connectivity index (χ1n) is 5.57. The summed E-state index contributed by atoms with van der Waals surface area (Å²) in [6.45, 7) is 1.44. The Kier molecular flexibility index (Phi) is 3.21. The van der Waals surface area contributed by atoms with Crippen molar-refractivity contribution in [2.45, 2.75) is 0 Å².